The van der Waals surface area contributed by atoms with Gasteiger partial charge in [-0.1, -0.05) is 12.2 Å². The Morgan fingerprint density at radius 3 is 2.67 bits per heavy atom. The van der Waals surface area contributed by atoms with Gasteiger partial charge in [-0.3, -0.25) is 14.9 Å². The summed E-state index contributed by atoms with van der Waals surface area (Å²) in [5.41, 5.74) is 1.67. The summed E-state index contributed by atoms with van der Waals surface area (Å²) in [6.45, 7) is 6.88. The highest BCUT2D eigenvalue weighted by molar-refractivity contribution is 5.91. The molecule has 0 unspecified atom stereocenters. The SMILES string of the molecule is C=C(C)COCCNC(=O)/C=C/c1ccc([N+](=O)[O-])cc1. The second-order valence-electron chi connectivity index (χ2n) is 4.48. The van der Waals surface area contributed by atoms with Crippen LogP contribution in [0.3, 0.4) is 0 Å². The molecule has 0 aliphatic rings. The molecule has 1 N–H and O–H groups in total. The van der Waals surface area contributed by atoms with Gasteiger partial charge in [-0.2, -0.15) is 0 Å². The van der Waals surface area contributed by atoms with Crippen molar-refractivity contribution in [2.45, 2.75) is 6.92 Å². The summed E-state index contributed by atoms with van der Waals surface area (Å²) in [5, 5.41) is 13.2. The molecule has 0 saturated heterocycles. The molecular formula is C15H18N2O4. The van der Waals surface area contributed by atoms with Crippen LogP contribution in [0, 0.1) is 10.1 Å². The number of rotatable bonds is 8. The van der Waals surface area contributed by atoms with Crippen LogP contribution in [0.4, 0.5) is 5.69 Å². The molecule has 0 radical (unpaired) electrons. The Morgan fingerprint density at radius 2 is 2.10 bits per heavy atom. The zero-order valence-electron chi connectivity index (χ0n) is 11.9. The van der Waals surface area contributed by atoms with Gasteiger partial charge in [-0.15, -0.1) is 0 Å². The van der Waals surface area contributed by atoms with Crippen LogP contribution < -0.4 is 5.32 Å². The summed E-state index contributed by atoms with van der Waals surface area (Å²) in [6.07, 6.45) is 2.97. The van der Waals surface area contributed by atoms with Gasteiger partial charge in [0.05, 0.1) is 18.1 Å². The number of carbonyl (C=O) groups is 1. The summed E-state index contributed by atoms with van der Waals surface area (Å²) >= 11 is 0. The fourth-order valence-electron chi connectivity index (χ4n) is 1.43. The first kappa shape index (κ1) is 16.6. The van der Waals surface area contributed by atoms with Crippen LogP contribution in [0.25, 0.3) is 6.08 Å². The lowest BCUT2D eigenvalue weighted by molar-refractivity contribution is -0.384. The van der Waals surface area contributed by atoms with E-state index in [1.807, 2.05) is 6.92 Å². The second kappa shape index (κ2) is 8.65. The van der Waals surface area contributed by atoms with Crippen molar-refractivity contribution in [1.29, 1.82) is 0 Å². The van der Waals surface area contributed by atoms with Gasteiger partial charge >= 0.3 is 0 Å². The van der Waals surface area contributed by atoms with Gasteiger partial charge < -0.3 is 10.1 Å². The molecule has 0 saturated carbocycles. The van der Waals surface area contributed by atoms with Gasteiger partial charge in [0.25, 0.3) is 5.69 Å². The summed E-state index contributed by atoms with van der Waals surface area (Å²) in [5.74, 6) is -0.243. The standard InChI is InChI=1S/C15H18N2O4/c1-12(2)11-21-10-9-16-15(18)8-5-13-3-6-14(7-4-13)17(19)20/h3-8H,1,9-11H2,2H3,(H,16,18)/b8-5+. The first-order valence-electron chi connectivity index (χ1n) is 6.41. The first-order valence-corrected chi connectivity index (χ1v) is 6.41. The number of carbonyl (C=O) groups excluding carboxylic acids is 1. The van der Waals surface area contributed by atoms with E-state index >= 15 is 0 Å². The molecule has 0 aromatic heterocycles. The van der Waals surface area contributed by atoms with Crippen molar-refractivity contribution in [2.75, 3.05) is 19.8 Å². The summed E-state index contributed by atoms with van der Waals surface area (Å²) in [7, 11) is 0. The number of amides is 1. The van der Waals surface area contributed by atoms with Gasteiger partial charge in [0.15, 0.2) is 0 Å². The summed E-state index contributed by atoms with van der Waals surface area (Å²) in [6, 6.07) is 5.95. The number of hydrogen-bond donors (Lipinski definition) is 1. The average molecular weight is 290 g/mol. The van der Waals surface area contributed by atoms with Crippen molar-refractivity contribution in [1.82, 2.24) is 5.32 Å². The first-order chi connectivity index (χ1) is 9.99. The molecule has 0 heterocycles. The highest BCUT2D eigenvalue weighted by Gasteiger charge is 2.02. The Morgan fingerprint density at radius 1 is 1.43 bits per heavy atom. The van der Waals surface area contributed by atoms with Crippen molar-refractivity contribution in [3.8, 4) is 0 Å². The predicted octanol–water partition coefficient (Wildman–Crippen LogP) is 2.32. The van der Waals surface area contributed by atoms with Crippen LogP contribution in [0.2, 0.25) is 0 Å². The van der Waals surface area contributed by atoms with Gasteiger partial charge in [0, 0.05) is 24.8 Å². The quantitative estimate of drug-likeness (QED) is 0.262. The molecule has 1 aromatic carbocycles. The smallest absolute Gasteiger partial charge is 0.269 e. The number of benzene rings is 1. The average Bonchev–Trinajstić information content (AvgIpc) is 2.44. The van der Waals surface area contributed by atoms with Gasteiger partial charge in [0.1, 0.15) is 0 Å². The highest BCUT2D eigenvalue weighted by atomic mass is 16.6. The predicted molar refractivity (Wildman–Crippen MR) is 80.8 cm³/mol. The summed E-state index contributed by atoms with van der Waals surface area (Å²) in [4.78, 5) is 21.5. The molecule has 0 fully saturated rings. The van der Waals surface area contributed by atoms with E-state index in [4.69, 9.17) is 4.74 Å². The van der Waals surface area contributed by atoms with Crippen molar-refractivity contribution < 1.29 is 14.5 Å². The Bertz CT molecular complexity index is 535. The van der Waals surface area contributed by atoms with Crippen LogP contribution in [0.1, 0.15) is 12.5 Å². The van der Waals surface area contributed by atoms with Crippen molar-refractivity contribution in [3.05, 3.63) is 58.2 Å². The van der Waals surface area contributed by atoms with E-state index in [0.717, 1.165) is 5.57 Å². The van der Waals surface area contributed by atoms with E-state index < -0.39 is 4.92 Å². The topological polar surface area (TPSA) is 81.5 Å². The molecule has 6 heteroatoms. The number of non-ortho nitro benzene ring substituents is 1. The maximum atomic E-state index is 11.5. The number of nitro groups is 1. The zero-order valence-corrected chi connectivity index (χ0v) is 11.9. The third kappa shape index (κ3) is 7.03. The molecule has 1 amide bonds. The minimum atomic E-state index is -0.467. The number of nitrogens with zero attached hydrogens (tertiary/aromatic N) is 1. The van der Waals surface area contributed by atoms with Crippen LogP contribution in [-0.4, -0.2) is 30.6 Å². The molecule has 0 atom stereocenters. The largest absolute Gasteiger partial charge is 0.375 e. The Balaban J connectivity index is 2.33. The van der Waals surface area contributed by atoms with Gasteiger partial charge in [-0.25, -0.2) is 0 Å². The molecule has 1 rings (SSSR count). The molecule has 112 valence electrons. The van der Waals surface area contributed by atoms with E-state index in [0.29, 0.717) is 25.3 Å². The number of hydrogen-bond acceptors (Lipinski definition) is 4. The van der Waals surface area contributed by atoms with E-state index in [-0.39, 0.29) is 11.6 Å². The van der Waals surface area contributed by atoms with Crippen molar-refractivity contribution >= 4 is 17.7 Å². The van der Waals surface area contributed by atoms with E-state index in [1.165, 1.54) is 18.2 Å². The maximum absolute atomic E-state index is 11.5. The van der Waals surface area contributed by atoms with E-state index in [2.05, 4.69) is 11.9 Å². The molecule has 1 aromatic rings. The molecule has 6 nitrogen and oxygen atoms in total. The van der Waals surface area contributed by atoms with Crippen LogP contribution in [-0.2, 0) is 9.53 Å². The van der Waals surface area contributed by atoms with Crippen molar-refractivity contribution in [2.24, 2.45) is 0 Å². The molecule has 0 spiro atoms. The lowest BCUT2D eigenvalue weighted by Crippen LogP contribution is -2.25. The number of nitrogens with one attached hydrogen (secondary N) is 1. The molecule has 21 heavy (non-hydrogen) atoms. The minimum Gasteiger partial charge on any atom is -0.375 e. The van der Waals surface area contributed by atoms with Gasteiger partial charge in [-0.05, 0) is 30.7 Å². The monoisotopic (exact) mass is 290 g/mol. The van der Waals surface area contributed by atoms with E-state index in [1.54, 1.807) is 18.2 Å². The zero-order chi connectivity index (χ0) is 15.7. The Labute approximate surface area is 123 Å². The minimum absolute atomic E-state index is 0.0197. The van der Waals surface area contributed by atoms with Crippen LogP contribution in [0.5, 0.6) is 0 Å². The maximum Gasteiger partial charge on any atom is 0.269 e. The van der Waals surface area contributed by atoms with Crippen LogP contribution in [0.15, 0.2) is 42.5 Å². The summed E-state index contributed by atoms with van der Waals surface area (Å²) < 4.78 is 5.24. The lowest BCUT2D eigenvalue weighted by Gasteiger charge is -2.04. The van der Waals surface area contributed by atoms with Gasteiger partial charge in [0.2, 0.25) is 5.91 Å². The normalized spacial score (nSPS) is 10.5. The Kier molecular flexibility index (Phi) is 6.83. The lowest BCUT2D eigenvalue weighted by atomic mass is 10.2. The molecule has 0 aliphatic heterocycles. The fraction of sp³-hybridized carbons (Fsp3) is 0.267. The van der Waals surface area contributed by atoms with E-state index in [9.17, 15) is 14.9 Å². The number of ether oxygens (including phenoxy) is 1. The fourth-order valence-corrected chi connectivity index (χ4v) is 1.43. The highest BCUT2D eigenvalue weighted by Crippen LogP contribution is 2.12. The van der Waals surface area contributed by atoms with Crippen LogP contribution >= 0.6 is 0 Å². The molecular weight excluding hydrogens is 272 g/mol. The number of nitro benzene ring substituents is 1. The molecule has 0 aliphatic carbocycles. The molecule has 0 bridgehead atoms. The third-order valence-corrected chi connectivity index (χ3v) is 2.43. The third-order valence-electron chi connectivity index (χ3n) is 2.43. The van der Waals surface area contributed by atoms with Crippen molar-refractivity contribution in [3.63, 3.8) is 0 Å². The second-order valence-corrected chi connectivity index (χ2v) is 4.48. The Hall–Kier alpha value is -2.47.